The first-order valence-electron chi connectivity index (χ1n) is 9.48. The van der Waals surface area contributed by atoms with E-state index in [1.807, 2.05) is 17.5 Å². The van der Waals surface area contributed by atoms with Crippen molar-refractivity contribution < 1.29 is 18.7 Å². The van der Waals surface area contributed by atoms with Gasteiger partial charge < -0.3 is 20.1 Å². The van der Waals surface area contributed by atoms with E-state index in [2.05, 4.69) is 15.6 Å². The smallest absolute Gasteiger partial charge is 0.319 e. The summed E-state index contributed by atoms with van der Waals surface area (Å²) in [6, 6.07) is 11.1. The maximum Gasteiger partial charge on any atom is 0.319 e. The van der Waals surface area contributed by atoms with Crippen LogP contribution in [-0.2, 0) is 6.54 Å². The van der Waals surface area contributed by atoms with Crippen molar-refractivity contribution in [1.29, 1.82) is 0 Å². The number of benzene rings is 2. The number of aromatic nitrogens is 2. The molecule has 0 aliphatic carbocycles. The fourth-order valence-corrected chi connectivity index (χ4v) is 4.19. The van der Waals surface area contributed by atoms with Gasteiger partial charge in [-0.1, -0.05) is 11.3 Å². The Kier molecular flexibility index (Phi) is 5.77. The number of carbonyl (C=O) groups excluding carboxylic acids is 1. The topological polar surface area (TPSA) is 76.9 Å². The lowest BCUT2D eigenvalue weighted by molar-refractivity contribution is 0.251. The van der Waals surface area contributed by atoms with Crippen LogP contribution < -0.4 is 20.1 Å². The summed E-state index contributed by atoms with van der Waals surface area (Å²) >= 11 is 1.50. The average molecular weight is 441 g/mol. The second-order valence-electron chi connectivity index (χ2n) is 6.77. The van der Waals surface area contributed by atoms with Crippen LogP contribution in [0.3, 0.4) is 0 Å². The largest absolute Gasteiger partial charge is 0.497 e. The number of thiazole rings is 1. The average Bonchev–Trinajstić information content (AvgIpc) is 3.32. The van der Waals surface area contributed by atoms with E-state index in [9.17, 15) is 9.18 Å². The van der Waals surface area contributed by atoms with E-state index in [1.54, 1.807) is 37.4 Å². The minimum atomic E-state index is -0.346. The van der Waals surface area contributed by atoms with Crippen LogP contribution in [0, 0.1) is 12.7 Å². The lowest BCUT2D eigenvalue weighted by Gasteiger charge is -2.12. The Balaban J connectivity index is 1.44. The molecule has 0 saturated heterocycles. The molecule has 0 radical (unpaired) electrons. The third-order valence-corrected chi connectivity index (χ3v) is 6.02. The SMILES string of the molecule is COc1ccc(NC(=O)NCc2sc3nc(-c4ccc(F)cc4)cn3c2C)c(OC)c1. The molecule has 7 nitrogen and oxygen atoms in total. The van der Waals surface area contributed by atoms with Gasteiger partial charge in [0.1, 0.15) is 17.3 Å². The molecule has 0 fully saturated rings. The summed E-state index contributed by atoms with van der Waals surface area (Å²) in [5.74, 6) is 0.869. The van der Waals surface area contributed by atoms with Crippen LogP contribution in [0.25, 0.3) is 16.2 Å². The highest BCUT2D eigenvalue weighted by Gasteiger charge is 2.14. The number of imidazole rings is 1. The number of fused-ring (bicyclic) bond motifs is 1. The third-order valence-electron chi connectivity index (χ3n) is 4.86. The Bertz CT molecular complexity index is 1230. The molecule has 0 bridgehead atoms. The summed E-state index contributed by atoms with van der Waals surface area (Å²) in [5, 5.41) is 5.65. The van der Waals surface area contributed by atoms with Crippen molar-refractivity contribution in [3.05, 3.63) is 65.0 Å². The normalized spacial score (nSPS) is 10.8. The molecule has 4 rings (SSSR count). The highest BCUT2D eigenvalue weighted by atomic mass is 32.1. The van der Waals surface area contributed by atoms with Crippen molar-refractivity contribution in [2.75, 3.05) is 19.5 Å². The Hall–Kier alpha value is -3.59. The lowest BCUT2D eigenvalue weighted by Crippen LogP contribution is -2.28. The maximum atomic E-state index is 13.2. The molecule has 2 N–H and O–H groups in total. The number of hydrogen-bond acceptors (Lipinski definition) is 5. The Labute approximate surface area is 182 Å². The van der Waals surface area contributed by atoms with Crippen molar-refractivity contribution in [2.24, 2.45) is 0 Å². The van der Waals surface area contributed by atoms with E-state index in [1.165, 1.54) is 30.6 Å². The number of aryl methyl sites for hydroxylation is 1. The van der Waals surface area contributed by atoms with Crippen molar-refractivity contribution >= 4 is 28.0 Å². The van der Waals surface area contributed by atoms with Crippen LogP contribution in [-0.4, -0.2) is 29.6 Å². The van der Waals surface area contributed by atoms with Crippen molar-refractivity contribution in [1.82, 2.24) is 14.7 Å². The number of nitrogens with zero attached hydrogens (tertiary/aromatic N) is 2. The second-order valence-corrected chi connectivity index (χ2v) is 7.83. The second kappa shape index (κ2) is 8.65. The highest BCUT2D eigenvalue weighted by Crippen LogP contribution is 2.29. The Morgan fingerprint density at radius 2 is 1.94 bits per heavy atom. The molecule has 9 heteroatoms. The monoisotopic (exact) mass is 440 g/mol. The van der Waals surface area contributed by atoms with Crippen LogP contribution in [0.15, 0.2) is 48.7 Å². The predicted octanol–water partition coefficient (Wildman–Crippen LogP) is 4.85. The Morgan fingerprint density at radius 1 is 1.16 bits per heavy atom. The van der Waals surface area contributed by atoms with Crippen LogP contribution in [0.4, 0.5) is 14.9 Å². The number of hydrogen-bond donors (Lipinski definition) is 2. The van der Waals surface area contributed by atoms with Gasteiger partial charge in [0.05, 0.1) is 32.1 Å². The van der Waals surface area contributed by atoms with Gasteiger partial charge in [-0.15, -0.1) is 0 Å². The molecule has 2 amide bonds. The van der Waals surface area contributed by atoms with Crippen LogP contribution in [0.5, 0.6) is 11.5 Å². The fourth-order valence-electron chi connectivity index (χ4n) is 3.15. The van der Waals surface area contributed by atoms with Gasteiger partial charge in [0, 0.05) is 28.4 Å². The quantitative estimate of drug-likeness (QED) is 0.449. The molecule has 2 aromatic heterocycles. The zero-order valence-corrected chi connectivity index (χ0v) is 18.0. The molecule has 31 heavy (non-hydrogen) atoms. The molecule has 0 atom stereocenters. The standard InChI is InChI=1S/C22H21FN4O3S/c1-13-20(11-24-21(28)25-17-9-8-16(29-2)10-19(17)30-3)31-22-26-18(12-27(13)22)14-4-6-15(23)7-5-14/h4-10,12H,11H2,1-3H3,(H2,24,25,28). The zero-order valence-electron chi connectivity index (χ0n) is 17.2. The van der Waals surface area contributed by atoms with Gasteiger partial charge in [0.25, 0.3) is 0 Å². The predicted molar refractivity (Wildman–Crippen MR) is 119 cm³/mol. The van der Waals surface area contributed by atoms with E-state index >= 15 is 0 Å². The van der Waals surface area contributed by atoms with Crippen molar-refractivity contribution in [3.8, 4) is 22.8 Å². The molecule has 0 aliphatic heterocycles. The van der Waals surface area contributed by atoms with Gasteiger partial charge in [0.15, 0.2) is 4.96 Å². The molecule has 0 spiro atoms. The summed E-state index contributed by atoms with van der Waals surface area (Å²) in [5.41, 5.74) is 3.16. The third kappa shape index (κ3) is 4.31. The van der Waals surface area contributed by atoms with Gasteiger partial charge in [-0.25, -0.2) is 14.2 Å². The van der Waals surface area contributed by atoms with Gasteiger partial charge in [-0.05, 0) is 43.3 Å². The van der Waals surface area contributed by atoms with Crippen molar-refractivity contribution in [3.63, 3.8) is 0 Å². The molecule has 4 aromatic rings. The first kappa shape index (κ1) is 20.7. The van der Waals surface area contributed by atoms with E-state index < -0.39 is 0 Å². The number of amides is 2. The first-order valence-corrected chi connectivity index (χ1v) is 10.3. The number of methoxy groups -OCH3 is 2. The minimum absolute atomic E-state index is 0.278. The minimum Gasteiger partial charge on any atom is -0.497 e. The number of halogens is 1. The van der Waals surface area contributed by atoms with Gasteiger partial charge in [-0.3, -0.25) is 4.40 Å². The summed E-state index contributed by atoms with van der Waals surface area (Å²) < 4.78 is 25.6. The number of rotatable bonds is 6. The number of anilines is 1. The van der Waals surface area contributed by atoms with Crippen LogP contribution in [0.1, 0.15) is 10.6 Å². The molecule has 2 aromatic carbocycles. The molecule has 2 heterocycles. The van der Waals surface area contributed by atoms with E-state index in [0.717, 1.165) is 26.8 Å². The number of nitrogens with one attached hydrogen (secondary N) is 2. The molecular formula is C22H21FN4O3S. The molecule has 0 aliphatic rings. The maximum absolute atomic E-state index is 13.2. The van der Waals surface area contributed by atoms with Crippen molar-refractivity contribution in [2.45, 2.75) is 13.5 Å². The molecule has 0 saturated carbocycles. The zero-order chi connectivity index (χ0) is 22.0. The van der Waals surface area contributed by atoms with Crippen LogP contribution >= 0.6 is 11.3 Å². The van der Waals surface area contributed by atoms with E-state index in [4.69, 9.17) is 9.47 Å². The molecule has 0 unspecified atom stereocenters. The van der Waals surface area contributed by atoms with E-state index in [-0.39, 0.29) is 11.8 Å². The summed E-state index contributed by atoms with van der Waals surface area (Å²) in [6.07, 6.45) is 1.92. The van der Waals surface area contributed by atoms with E-state index in [0.29, 0.717) is 23.7 Å². The van der Waals surface area contributed by atoms with Gasteiger partial charge in [-0.2, -0.15) is 0 Å². The summed E-state index contributed by atoms with van der Waals surface area (Å²) in [4.78, 5) is 18.8. The first-order chi connectivity index (χ1) is 15.0. The Morgan fingerprint density at radius 3 is 2.61 bits per heavy atom. The van der Waals surface area contributed by atoms with Gasteiger partial charge in [0.2, 0.25) is 0 Å². The molecular weight excluding hydrogens is 419 g/mol. The van der Waals surface area contributed by atoms with Crippen LogP contribution in [0.2, 0.25) is 0 Å². The highest BCUT2D eigenvalue weighted by molar-refractivity contribution is 7.17. The summed E-state index contributed by atoms with van der Waals surface area (Å²) in [7, 11) is 3.10. The fraction of sp³-hybridized carbons (Fsp3) is 0.182. The number of urea groups is 1. The lowest BCUT2D eigenvalue weighted by atomic mass is 10.2. The number of carbonyl (C=O) groups is 1. The molecule has 160 valence electrons. The summed E-state index contributed by atoms with van der Waals surface area (Å²) in [6.45, 7) is 2.33. The number of ether oxygens (including phenoxy) is 2. The van der Waals surface area contributed by atoms with Gasteiger partial charge >= 0.3 is 6.03 Å².